The lowest BCUT2D eigenvalue weighted by molar-refractivity contribution is 0.0193. The first-order chi connectivity index (χ1) is 15.1. The van der Waals surface area contributed by atoms with Crippen molar-refractivity contribution in [2.24, 2.45) is 11.8 Å². The van der Waals surface area contributed by atoms with Gasteiger partial charge in [-0.3, -0.25) is 9.59 Å². The molecule has 0 radical (unpaired) electrons. The Bertz CT molecular complexity index is 1150. The van der Waals surface area contributed by atoms with Crippen LogP contribution >= 0.6 is 0 Å². The molecule has 1 amide bonds. The standard InChI is InChI=1S/C25H24FN3O2/c26-21-12-5-4-11-20(21)25(31)28-15-18-9-6-10-19(16-28)24(18)29-23(30)14-13-22(27-29)17-7-2-1-3-8-17/h1-5,7-8,11-14,18-19,24H,6,9-10,15-16H2/t18-,19-/m1/s1. The first-order valence-electron chi connectivity index (χ1n) is 10.8. The Kier molecular flexibility index (Phi) is 5.14. The molecular formula is C25H24FN3O2. The monoisotopic (exact) mass is 417 g/mol. The Balaban J connectivity index is 1.46. The van der Waals surface area contributed by atoms with Gasteiger partial charge in [0.05, 0.1) is 17.3 Å². The molecule has 2 fully saturated rings. The van der Waals surface area contributed by atoms with E-state index in [1.807, 2.05) is 30.3 Å². The number of aromatic nitrogens is 2. The summed E-state index contributed by atoms with van der Waals surface area (Å²) in [5.74, 6) is -0.515. The molecular weight excluding hydrogens is 393 g/mol. The van der Waals surface area contributed by atoms with E-state index < -0.39 is 5.82 Å². The minimum Gasteiger partial charge on any atom is -0.338 e. The number of nitrogens with zero attached hydrogens (tertiary/aromatic N) is 3. The van der Waals surface area contributed by atoms with Gasteiger partial charge in [0.1, 0.15) is 5.82 Å². The minimum atomic E-state index is -0.492. The molecule has 2 atom stereocenters. The van der Waals surface area contributed by atoms with Crippen LogP contribution in [0, 0.1) is 17.7 Å². The lowest BCUT2D eigenvalue weighted by Crippen LogP contribution is -2.53. The third kappa shape index (κ3) is 3.67. The summed E-state index contributed by atoms with van der Waals surface area (Å²) in [5, 5.41) is 4.73. The lowest BCUT2D eigenvalue weighted by atomic mass is 9.73. The van der Waals surface area contributed by atoms with Crippen LogP contribution in [0.2, 0.25) is 0 Å². The zero-order valence-corrected chi connectivity index (χ0v) is 17.2. The molecule has 5 rings (SSSR count). The van der Waals surface area contributed by atoms with Gasteiger partial charge in [0, 0.05) is 24.7 Å². The van der Waals surface area contributed by atoms with Gasteiger partial charge in [-0.2, -0.15) is 5.10 Å². The Morgan fingerprint density at radius 3 is 2.29 bits per heavy atom. The van der Waals surface area contributed by atoms with Crippen molar-refractivity contribution in [1.29, 1.82) is 0 Å². The number of fused-ring (bicyclic) bond motifs is 2. The Morgan fingerprint density at radius 1 is 0.903 bits per heavy atom. The third-order valence-corrected chi connectivity index (χ3v) is 6.59. The topological polar surface area (TPSA) is 55.2 Å². The van der Waals surface area contributed by atoms with E-state index in [-0.39, 0.29) is 34.9 Å². The maximum absolute atomic E-state index is 14.2. The first kappa shape index (κ1) is 19.7. The van der Waals surface area contributed by atoms with Gasteiger partial charge in [-0.1, -0.05) is 48.9 Å². The van der Waals surface area contributed by atoms with Crippen molar-refractivity contribution in [1.82, 2.24) is 14.7 Å². The summed E-state index contributed by atoms with van der Waals surface area (Å²) in [5.41, 5.74) is 1.73. The Hall–Kier alpha value is -3.28. The molecule has 0 N–H and O–H groups in total. The summed E-state index contributed by atoms with van der Waals surface area (Å²) in [4.78, 5) is 27.5. The highest BCUT2D eigenvalue weighted by molar-refractivity contribution is 5.94. The molecule has 31 heavy (non-hydrogen) atoms. The van der Waals surface area contributed by atoms with Crippen molar-refractivity contribution in [3.63, 3.8) is 0 Å². The third-order valence-electron chi connectivity index (χ3n) is 6.59. The molecule has 1 saturated heterocycles. The molecule has 6 heteroatoms. The molecule has 2 aromatic carbocycles. The predicted molar refractivity (Wildman–Crippen MR) is 116 cm³/mol. The highest BCUT2D eigenvalue weighted by Crippen LogP contribution is 2.42. The Labute approximate surface area is 180 Å². The van der Waals surface area contributed by atoms with Gasteiger partial charge in [0.15, 0.2) is 0 Å². The summed E-state index contributed by atoms with van der Waals surface area (Å²) in [6, 6.07) is 19.2. The normalized spacial score (nSPS) is 22.9. The average molecular weight is 417 g/mol. The molecule has 1 saturated carbocycles. The maximum atomic E-state index is 14.2. The number of benzene rings is 2. The fraction of sp³-hybridized carbons (Fsp3) is 0.320. The number of likely N-dealkylation sites (tertiary alicyclic amines) is 1. The fourth-order valence-corrected chi connectivity index (χ4v) is 5.18. The van der Waals surface area contributed by atoms with E-state index in [2.05, 4.69) is 0 Å². The van der Waals surface area contributed by atoms with E-state index in [1.54, 1.807) is 33.8 Å². The summed E-state index contributed by atoms with van der Waals surface area (Å²) >= 11 is 0. The minimum absolute atomic E-state index is 0.0467. The zero-order valence-electron chi connectivity index (χ0n) is 17.2. The van der Waals surface area contributed by atoms with E-state index in [0.717, 1.165) is 30.5 Å². The molecule has 1 aromatic heterocycles. The van der Waals surface area contributed by atoms with Crippen molar-refractivity contribution in [2.75, 3.05) is 13.1 Å². The first-order valence-corrected chi connectivity index (χ1v) is 10.8. The summed E-state index contributed by atoms with van der Waals surface area (Å²) in [7, 11) is 0. The number of amides is 1. The van der Waals surface area contributed by atoms with Crippen LogP contribution in [0.1, 0.15) is 35.7 Å². The van der Waals surface area contributed by atoms with Crippen LogP contribution in [-0.4, -0.2) is 33.7 Å². The highest BCUT2D eigenvalue weighted by atomic mass is 19.1. The van der Waals surface area contributed by atoms with Gasteiger partial charge >= 0.3 is 0 Å². The van der Waals surface area contributed by atoms with Gasteiger partial charge in [0.2, 0.25) is 0 Å². The quantitative estimate of drug-likeness (QED) is 0.643. The number of hydrogen-bond donors (Lipinski definition) is 0. The number of rotatable bonds is 3. The molecule has 2 heterocycles. The second-order valence-electron chi connectivity index (χ2n) is 8.50. The summed E-state index contributed by atoms with van der Waals surface area (Å²) in [6.07, 6.45) is 2.92. The SMILES string of the molecule is O=C(c1ccccc1F)N1C[C@H]2CCC[C@H](C1)C2n1nc(-c2ccccc2)ccc1=O. The predicted octanol–water partition coefficient (Wildman–Crippen LogP) is 4.16. The van der Waals surface area contributed by atoms with Crippen molar-refractivity contribution in [3.05, 3.63) is 88.5 Å². The summed E-state index contributed by atoms with van der Waals surface area (Å²) in [6.45, 7) is 1.02. The van der Waals surface area contributed by atoms with E-state index >= 15 is 0 Å². The van der Waals surface area contributed by atoms with Crippen LogP contribution < -0.4 is 5.56 Å². The van der Waals surface area contributed by atoms with Crippen LogP contribution in [0.5, 0.6) is 0 Å². The van der Waals surface area contributed by atoms with Gasteiger partial charge < -0.3 is 4.90 Å². The van der Waals surface area contributed by atoms with Gasteiger partial charge in [0.25, 0.3) is 11.5 Å². The lowest BCUT2D eigenvalue weighted by Gasteiger charge is -2.47. The van der Waals surface area contributed by atoms with Crippen molar-refractivity contribution in [2.45, 2.75) is 25.3 Å². The van der Waals surface area contributed by atoms with E-state index in [1.165, 1.54) is 12.1 Å². The fourth-order valence-electron chi connectivity index (χ4n) is 5.18. The maximum Gasteiger partial charge on any atom is 0.267 e. The van der Waals surface area contributed by atoms with Crippen molar-refractivity contribution < 1.29 is 9.18 Å². The Morgan fingerprint density at radius 2 is 1.58 bits per heavy atom. The molecule has 5 nitrogen and oxygen atoms in total. The molecule has 158 valence electrons. The zero-order chi connectivity index (χ0) is 21.4. The number of hydrogen-bond acceptors (Lipinski definition) is 3. The average Bonchev–Trinajstić information content (AvgIpc) is 2.79. The van der Waals surface area contributed by atoms with Crippen molar-refractivity contribution in [3.8, 4) is 11.3 Å². The van der Waals surface area contributed by atoms with Crippen LogP contribution in [0.25, 0.3) is 11.3 Å². The molecule has 3 aromatic rings. The van der Waals surface area contributed by atoms with Gasteiger partial charge in [-0.15, -0.1) is 0 Å². The number of carbonyl (C=O) groups excluding carboxylic acids is 1. The second kappa shape index (κ2) is 8.10. The van der Waals surface area contributed by atoms with Crippen LogP contribution in [-0.2, 0) is 0 Å². The van der Waals surface area contributed by atoms with Gasteiger partial charge in [-0.25, -0.2) is 9.07 Å². The highest BCUT2D eigenvalue weighted by Gasteiger charge is 2.43. The van der Waals surface area contributed by atoms with Gasteiger partial charge in [-0.05, 0) is 42.9 Å². The summed E-state index contributed by atoms with van der Waals surface area (Å²) < 4.78 is 15.8. The van der Waals surface area contributed by atoms with Crippen LogP contribution in [0.15, 0.2) is 71.5 Å². The number of piperidine rings is 1. The molecule has 0 spiro atoms. The molecule has 0 unspecified atom stereocenters. The van der Waals surface area contributed by atoms with Crippen molar-refractivity contribution >= 4 is 5.91 Å². The molecule has 1 aliphatic carbocycles. The smallest absolute Gasteiger partial charge is 0.267 e. The van der Waals surface area contributed by atoms with E-state index in [4.69, 9.17) is 5.10 Å². The molecule has 1 aliphatic heterocycles. The number of carbonyl (C=O) groups is 1. The second-order valence-corrected chi connectivity index (χ2v) is 8.50. The van der Waals surface area contributed by atoms with E-state index in [9.17, 15) is 14.0 Å². The largest absolute Gasteiger partial charge is 0.338 e. The number of halogens is 1. The van der Waals surface area contributed by atoms with Crippen LogP contribution in [0.4, 0.5) is 4.39 Å². The van der Waals surface area contributed by atoms with E-state index in [0.29, 0.717) is 13.1 Å². The van der Waals surface area contributed by atoms with Crippen LogP contribution in [0.3, 0.4) is 0 Å². The molecule has 2 aliphatic rings. The molecule has 2 bridgehead atoms.